The lowest BCUT2D eigenvalue weighted by atomic mass is 9.77. The van der Waals surface area contributed by atoms with Crippen LogP contribution in [-0.4, -0.2) is 38.9 Å². The van der Waals surface area contributed by atoms with Crippen LogP contribution in [0.25, 0.3) is 0 Å². The van der Waals surface area contributed by atoms with E-state index in [1.807, 2.05) is 59.3 Å². The average molecular weight is 412 g/mol. The molecule has 0 bridgehead atoms. The molecule has 1 aromatic heterocycles. The van der Waals surface area contributed by atoms with Crippen LogP contribution in [0.4, 0.5) is 0 Å². The summed E-state index contributed by atoms with van der Waals surface area (Å²) < 4.78 is 1.84. The molecule has 1 atom stereocenters. The Balaban J connectivity index is 1.95. The Labute approximate surface area is 181 Å². The summed E-state index contributed by atoms with van der Waals surface area (Å²) in [4.78, 5) is 16.0. The molecule has 1 heterocycles. The largest absolute Gasteiger partial charge is 0.480 e. The van der Waals surface area contributed by atoms with Crippen LogP contribution >= 0.6 is 0 Å². The molecular formula is C25H24N4O2. The van der Waals surface area contributed by atoms with Crippen molar-refractivity contribution >= 4 is 5.97 Å². The summed E-state index contributed by atoms with van der Waals surface area (Å²) in [5.41, 5.74) is 2.35. The van der Waals surface area contributed by atoms with Crippen LogP contribution in [0.15, 0.2) is 97.3 Å². The maximum Gasteiger partial charge on any atom is 0.321 e. The van der Waals surface area contributed by atoms with Crippen molar-refractivity contribution in [2.45, 2.75) is 18.0 Å². The highest BCUT2D eigenvalue weighted by atomic mass is 16.4. The van der Waals surface area contributed by atoms with Crippen LogP contribution in [0, 0.1) is 0 Å². The normalized spacial score (nSPS) is 12.4. The molecule has 6 nitrogen and oxygen atoms in total. The van der Waals surface area contributed by atoms with Crippen LogP contribution in [0.2, 0.25) is 0 Å². The summed E-state index contributed by atoms with van der Waals surface area (Å²) in [5, 5.41) is 17.0. The fourth-order valence-corrected chi connectivity index (χ4v) is 3.98. The predicted molar refractivity (Wildman–Crippen MR) is 119 cm³/mol. The van der Waals surface area contributed by atoms with Gasteiger partial charge in [-0.15, -0.1) is 0 Å². The van der Waals surface area contributed by atoms with Crippen LogP contribution < -0.4 is 5.32 Å². The molecule has 0 saturated carbocycles. The molecular weight excluding hydrogens is 388 g/mol. The number of carboxylic acids is 1. The fourth-order valence-electron chi connectivity index (χ4n) is 3.98. The smallest absolute Gasteiger partial charge is 0.321 e. The lowest BCUT2D eigenvalue weighted by molar-refractivity contribution is -0.139. The van der Waals surface area contributed by atoms with Gasteiger partial charge in [-0.05, 0) is 23.7 Å². The molecule has 0 spiro atoms. The third-order valence-electron chi connectivity index (χ3n) is 5.49. The Morgan fingerprint density at radius 2 is 1.35 bits per heavy atom. The molecule has 0 amide bonds. The maximum atomic E-state index is 11.5. The van der Waals surface area contributed by atoms with Crippen molar-refractivity contribution in [3.05, 3.63) is 120 Å². The quantitative estimate of drug-likeness (QED) is 0.434. The average Bonchev–Trinajstić information content (AvgIpc) is 3.29. The number of carbonyl (C=O) groups is 1. The number of rotatable bonds is 8. The fraction of sp³-hybridized carbons (Fsp3) is 0.160. The molecule has 3 aromatic carbocycles. The van der Waals surface area contributed by atoms with E-state index in [4.69, 9.17) is 5.10 Å². The summed E-state index contributed by atoms with van der Waals surface area (Å²) in [5.74, 6) is -0.465. The van der Waals surface area contributed by atoms with Crippen molar-refractivity contribution < 1.29 is 9.90 Å². The zero-order chi connectivity index (χ0) is 21.7. The minimum atomic E-state index is -0.931. The summed E-state index contributed by atoms with van der Waals surface area (Å²) in [6.07, 6.45) is 1.88. The second-order valence-electron chi connectivity index (χ2n) is 7.30. The van der Waals surface area contributed by atoms with Crippen molar-refractivity contribution in [3.8, 4) is 0 Å². The van der Waals surface area contributed by atoms with Gasteiger partial charge in [0.05, 0.1) is 0 Å². The van der Waals surface area contributed by atoms with E-state index in [1.54, 1.807) is 13.4 Å². The number of aromatic nitrogens is 3. The van der Waals surface area contributed by atoms with Crippen LogP contribution in [0.3, 0.4) is 0 Å². The summed E-state index contributed by atoms with van der Waals surface area (Å²) in [6, 6.07) is 29.7. The standard InChI is InChI=1S/C25H24N4O2/c1-26-22(24(30)31)17-23-27-18-29(28-23)25(19-11-5-2-6-12-19,20-13-7-3-8-14-20)21-15-9-4-10-16-21/h2-16,18,22,26H,17H2,1H3,(H,30,31)/t22-/m0/s1. The molecule has 0 aliphatic rings. The first-order chi connectivity index (χ1) is 15.2. The molecule has 6 heteroatoms. The minimum Gasteiger partial charge on any atom is -0.480 e. The second kappa shape index (κ2) is 8.93. The molecule has 2 N–H and O–H groups in total. The third kappa shape index (κ3) is 3.85. The first-order valence-corrected chi connectivity index (χ1v) is 10.1. The van der Waals surface area contributed by atoms with Gasteiger partial charge < -0.3 is 10.4 Å². The van der Waals surface area contributed by atoms with E-state index < -0.39 is 17.6 Å². The number of aliphatic carboxylic acids is 1. The van der Waals surface area contributed by atoms with Crippen LogP contribution in [0.1, 0.15) is 22.5 Å². The number of hydrogen-bond donors (Lipinski definition) is 2. The Morgan fingerprint density at radius 1 is 0.903 bits per heavy atom. The van der Waals surface area contributed by atoms with E-state index in [2.05, 4.69) is 46.7 Å². The first-order valence-electron chi connectivity index (χ1n) is 10.1. The molecule has 4 aromatic rings. The van der Waals surface area contributed by atoms with Gasteiger partial charge in [0.15, 0.2) is 5.82 Å². The van der Waals surface area contributed by atoms with Gasteiger partial charge in [0.1, 0.15) is 17.9 Å². The van der Waals surface area contributed by atoms with E-state index in [-0.39, 0.29) is 6.42 Å². The Hall–Kier alpha value is -3.77. The topological polar surface area (TPSA) is 80.0 Å². The monoisotopic (exact) mass is 412 g/mol. The molecule has 0 fully saturated rings. The molecule has 0 aliphatic carbocycles. The Morgan fingerprint density at radius 3 is 1.74 bits per heavy atom. The van der Waals surface area contributed by atoms with Gasteiger partial charge in [-0.25, -0.2) is 9.67 Å². The van der Waals surface area contributed by atoms with Crippen molar-refractivity contribution in [2.24, 2.45) is 0 Å². The molecule has 4 rings (SSSR count). The van der Waals surface area contributed by atoms with Crippen molar-refractivity contribution in [3.63, 3.8) is 0 Å². The van der Waals surface area contributed by atoms with E-state index in [9.17, 15) is 9.90 Å². The van der Waals surface area contributed by atoms with Gasteiger partial charge in [-0.1, -0.05) is 91.0 Å². The predicted octanol–water partition coefficient (Wildman–Crippen LogP) is 3.33. The minimum absolute atomic E-state index is 0.188. The maximum absolute atomic E-state index is 11.5. The lowest BCUT2D eigenvalue weighted by Crippen LogP contribution is -2.39. The van der Waals surface area contributed by atoms with Crippen molar-refractivity contribution in [2.75, 3.05) is 7.05 Å². The lowest BCUT2D eigenvalue weighted by Gasteiger charge is -2.35. The van der Waals surface area contributed by atoms with E-state index in [1.165, 1.54) is 0 Å². The molecule has 0 aliphatic heterocycles. The van der Waals surface area contributed by atoms with Gasteiger partial charge in [-0.3, -0.25) is 4.79 Å². The highest BCUT2D eigenvalue weighted by Gasteiger charge is 2.39. The molecule has 0 radical (unpaired) electrons. The summed E-state index contributed by atoms with van der Waals surface area (Å²) in [6.45, 7) is 0. The van der Waals surface area contributed by atoms with Gasteiger partial charge in [0.2, 0.25) is 0 Å². The number of hydrogen-bond acceptors (Lipinski definition) is 4. The van der Waals surface area contributed by atoms with Crippen LogP contribution in [0.5, 0.6) is 0 Å². The Bertz CT molecular complexity index is 1030. The highest BCUT2D eigenvalue weighted by molar-refractivity contribution is 5.73. The second-order valence-corrected chi connectivity index (χ2v) is 7.30. The number of nitrogens with zero attached hydrogens (tertiary/aromatic N) is 3. The van der Waals surface area contributed by atoms with E-state index in [0.29, 0.717) is 5.82 Å². The van der Waals surface area contributed by atoms with Gasteiger partial charge >= 0.3 is 5.97 Å². The van der Waals surface area contributed by atoms with Crippen LogP contribution in [-0.2, 0) is 16.8 Å². The zero-order valence-corrected chi connectivity index (χ0v) is 17.2. The van der Waals surface area contributed by atoms with E-state index in [0.717, 1.165) is 16.7 Å². The molecule has 0 saturated heterocycles. The SMILES string of the molecule is CN[C@@H](Cc1ncn(C(c2ccccc2)(c2ccccc2)c2ccccc2)n1)C(=O)O. The molecule has 31 heavy (non-hydrogen) atoms. The van der Waals surface area contributed by atoms with Gasteiger partial charge in [0.25, 0.3) is 0 Å². The van der Waals surface area contributed by atoms with E-state index >= 15 is 0 Å². The van der Waals surface area contributed by atoms with Gasteiger partial charge in [-0.2, -0.15) is 5.10 Å². The van der Waals surface area contributed by atoms with Crippen molar-refractivity contribution in [1.29, 1.82) is 0 Å². The van der Waals surface area contributed by atoms with Crippen molar-refractivity contribution in [1.82, 2.24) is 20.1 Å². The number of likely N-dealkylation sites (N-methyl/N-ethyl adjacent to an activating group) is 1. The summed E-state index contributed by atoms with van der Waals surface area (Å²) >= 11 is 0. The number of carboxylic acid groups (broad SMARTS) is 1. The third-order valence-corrected chi connectivity index (χ3v) is 5.49. The summed E-state index contributed by atoms with van der Waals surface area (Å²) in [7, 11) is 1.62. The number of benzene rings is 3. The molecule has 0 unspecified atom stereocenters. The molecule has 156 valence electrons. The van der Waals surface area contributed by atoms with Gasteiger partial charge in [0, 0.05) is 6.42 Å². The highest BCUT2D eigenvalue weighted by Crippen LogP contribution is 2.40. The Kier molecular flexibility index (Phi) is 5.91. The first kappa shape index (κ1) is 20.5. The zero-order valence-electron chi connectivity index (χ0n) is 17.2. The number of nitrogens with one attached hydrogen (secondary N) is 1.